The molecule has 0 aromatic rings. The van der Waals surface area contributed by atoms with Gasteiger partial charge >= 0.3 is 6.43 Å². The van der Waals surface area contributed by atoms with Gasteiger partial charge in [0.2, 0.25) is 0 Å². The molecule has 0 saturated carbocycles. The van der Waals surface area contributed by atoms with E-state index >= 15 is 0 Å². The first-order valence-corrected chi connectivity index (χ1v) is 6.65. The normalized spacial score (nSPS) is 27.0. The number of hydrogen-bond acceptors (Lipinski definition) is 3. The van der Waals surface area contributed by atoms with E-state index in [0.29, 0.717) is 6.42 Å². The fourth-order valence-corrected chi connectivity index (χ4v) is 2.11. The molecule has 0 saturated heterocycles. The predicted octanol–water partition coefficient (Wildman–Crippen LogP) is 1.60. The Bertz CT molecular complexity index is 320. The molecule has 1 amide bonds. The molecule has 3 atom stereocenters. The molecule has 0 aromatic carbocycles. The molecule has 0 aromatic heterocycles. The van der Waals surface area contributed by atoms with Gasteiger partial charge in [-0.15, -0.1) is 0 Å². The molecule has 4 nitrogen and oxygen atoms in total. The summed E-state index contributed by atoms with van der Waals surface area (Å²) in [7, 11) is 0. The molecule has 3 N–H and O–H groups in total. The van der Waals surface area contributed by atoms with Gasteiger partial charge in [0.1, 0.15) is 0 Å². The van der Waals surface area contributed by atoms with Gasteiger partial charge < -0.3 is 15.8 Å². The fraction of sp³-hybridized carbons (Fsp3) is 0.769. The molecule has 0 heterocycles. The maximum atomic E-state index is 12.2. The van der Waals surface area contributed by atoms with Crippen molar-refractivity contribution in [2.75, 3.05) is 0 Å². The third-order valence-corrected chi connectivity index (χ3v) is 3.35. The molecule has 0 spiro atoms. The van der Waals surface area contributed by atoms with Crippen molar-refractivity contribution in [3.8, 4) is 0 Å². The molecule has 0 bridgehead atoms. The van der Waals surface area contributed by atoms with E-state index < -0.39 is 24.4 Å². The summed E-state index contributed by atoms with van der Waals surface area (Å²) in [6.45, 7) is 4.03. The van der Waals surface area contributed by atoms with E-state index in [2.05, 4.69) is 5.32 Å². The molecule has 6 heteroatoms. The van der Waals surface area contributed by atoms with Gasteiger partial charge in [-0.1, -0.05) is 26.0 Å². The topological polar surface area (TPSA) is 64.3 Å². The summed E-state index contributed by atoms with van der Waals surface area (Å²) in [5.41, 5.74) is 5.99. The number of nitrogens with one attached hydrogen (secondary N) is 1. The smallest absolute Gasteiger partial charge is 0.315 e. The molecular formula is C13H22F2N2O2. The molecule has 1 aliphatic rings. The Balaban J connectivity index is 2.60. The molecule has 0 aliphatic heterocycles. The number of halogens is 2. The number of rotatable bonds is 6. The maximum absolute atomic E-state index is 12.2. The number of alkyl halides is 2. The Kier molecular flexibility index (Phi) is 6.37. The van der Waals surface area contributed by atoms with Crippen molar-refractivity contribution in [2.24, 2.45) is 5.73 Å². The summed E-state index contributed by atoms with van der Waals surface area (Å²) < 4.78 is 30.3. The summed E-state index contributed by atoms with van der Waals surface area (Å²) >= 11 is 0. The monoisotopic (exact) mass is 276 g/mol. The SMILES string of the molecule is CCC(CC)O[C@@H]1C=CC[C@H](NC(=O)C(F)F)[C@H]1N. The van der Waals surface area contributed by atoms with Crippen molar-refractivity contribution in [3.63, 3.8) is 0 Å². The van der Waals surface area contributed by atoms with Gasteiger partial charge in [0, 0.05) is 0 Å². The number of nitrogens with two attached hydrogens (primary N) is 1. The molecular weight excluding hydrogens is 254 g/mol. The molecule has 1 aliphatic carbocycles. The first-order valence-electron chi connectivity index (χ1n) is 6.65. The average molecular weight is 276 g/mol. The highest BCUT2D eigenvalue weighted by atomic mass is 19.3. The summed E-state index contributed by atoms with van der Waals surface area (Å²) in [5, 5.41) is 2.26. The zero-order valence-electron chi connectivity index (χ0n) is 11.3. The van der Waals surface area contributed by atoms with Crippen molar-refractivity contribution in [2.45, 2.75) is 63.8 Å². The highest BCUT2D eigenvalue weighted by Gasteiger charge is 2.31. The van der Waals surface area contributed by atoms with Crippen LogP contribution in [0.3, 0.4) is 0 Å². The van der Waals surface area contributed by atoms with Crippen LogP contribution in [0.2, 0.25) is 0 Å². The summed E-state index contributed by atoms with van der Waals surface area (Å²) in [6.07, 6.45) is 2.55. The Labute approximate surface area is 112 Å². The van der Waals surface area contributed by atoms with Crippen LogP contribution in [0.1, 0.15) is 33.1 Å². The van der Waals surface area contributed by atoms with Crippen LogP contribution in [0.15, 0.2) is 12.2 Å². The van der Waals surface area contributed by atoms with Crippen LogP contribution >= 0.6 is 0 Å². The third kappa shape index (κ3) is 4.54. The van der Waals surface area contributed by atoms with Crippen molar-refractivity contribution < 1.29 is 18.3 Å². The molecule has 1 rings (SSSR count). The van der Waals surface area contributed by atoms with Gasteiger partial charge in [-0.25, -0.2) is 0 Å². The Morgan fingerprint density at radius 2 is 2.11 bits per heavy atom. The van der Waals surface area contributed by atoms with Crippen molar-refractivity contribution in [1.82, 2.24) is 5.32 Å². The van der Waals surface area contributed by atoms with E-state index in [9.17, 15) is 13.6 Å². The van der Waals surface area contributed by atoms with E-state index in [1.54, 1.807) is 0 Å². The summed E-state index contributed by atoms with van der Waals surface area (Å²) in [6, 6.07) is -1.01. The Morgan fingerprint density at radius 3 is 2.63 bits per heavy atom. The summed E-state index contributed by atoms with van der Waals surface area (Å²) in [4.78, 5) is 11.0. The minimum absolute atomic E-state index is 0.0882. The molecule has 19 heavy (non-hydrogen) atoms. The number of hydrogen-bond donors (Lipinski definition) is 2. The second-order valence-electron chi connectivity index (χ2n) is 4.70. The van der Waals surface area contributed by atoms with Crippen LogP contribution in [0.4, 0.5) is 8.78 Å². The van der Waals surface area contributed by atoms with Gasteiger partial charge in [-0.2, -0.15) is 8.78 Å². The van der Waals surface area contributed by atoms with Crippen molar-refractivity contribution in [1.29, 1.82) is 0 Å². The van der Waals surface area contributed by atoms with Crippen molar-refractivity contribution in [3.05, 3.63) is 12.2 Å². The van der Waals surface area contributed by atoms with Crippen LogP contribution in [-0.2, 0) is 9.53 Å². The minimum atomic E-state index is -3.02. The lowest BCUT2D eigenvalue weighted by atomic mass is 9.93. The second kappa shape index (κ2) is 7.55. The van der Waals surface area contributed by atoms with Crippen LogP contribution in [-0.4, -0.2) is 36.6 Å². The van der Waals surface area contributed by atoms with E-state index in [-0.39, 0.29) is 12.2 Å². The number of ether oxygens (including phenoxy) is 1. The average Bonchev–Trinajstić information content (AvgIpc) is 2.39. The van der Waals surface area contributed by atoms with E-state index in [4.69, 9.17) is 10.5 Å². The van der Waals surface area contributed by atoms with E-state index in [1.165, 1.54) is 0 Å². The minimum Gasteiger partial charge on any atom is -0.369 e. The zero-order valence-corrected chi connectivity index (χ0v) is 11.3. The molecule has 110 valence electrons. The van der Waals surface area contributed by atoms with Crippen LogP contribution in [0.5, 0.6) is 0 Å². The van der Waals surface area contributed by atoms with Gasteiger partial charge in [-0.3, -0.25) is 4.79 Å². The van der Waals surface area contributed by atoms with Gasteiger partial charge in [0.15, 0.2) is 0 Å². The maximum Gasteiger partial charge on any atom is 0.315 e. The first kappa shape index (κ1) is 16.0. The lowest BCUT2D eigenvalue weighted by molar-refractivity contribution is -0.133. The number of amides is 1. The first-order chi connectivity index (χ1) is 8.99. The number of carbonyl (C=O) groups excluding carboxylic acids is 1. The Hall–Kier alpha value is -1.01. The second-order valence-corrected chi connectivity index (χ2v) is 4.70. The van der Waals surface area contributed by atoms with Crippen LogP contribution < -0.4 is 11.1 Å². The molecule has 0 unspecified atom stereocenters. The van der Waals surface area contributed by atoms with Crippen molar-refractivity contribution >= 4 is 5.91 Å². The lowest BCUT2D eigenvalue weighted by Crippen LogP contribution is -2.56. The zero-order chi connectivity index (χ0) is 14.4. The fourth-order valence-electron chi connectivity index (χ4n) is 2.11. The van der Waals surface area contributed by atoms with Gasteiger partial charge in [0.25, 0.3) is 5.91 Å². The largest absolute Gasteiger partial charge is 0.369 e. The van der Waals surface area contributed by atoms with Crippen LogP contribution in [0, 0.1) is 0 Å². The predicted molar refractivity (Wildman–Crippen MR) is 68.9 cm³/mol. The van der Waals surface area contributed by atoms with Gasteiger partial charge in [-0.05, 0) is 19.3 Å². The standard InChI is InChI=1S/C13H22F2N2O2/c1-3-8(4-2)19-10-7-5-6-9(11(10)16)17-13(18)12(14)15/h5,7-12H,3-4,6,16H2,1-2H3,(H,17,18)/t9-,10+,11+/m0/s1. The number of carbonyl (C=O) groups is 1. The molecule has 0 fully saturated rings. The quantitative estimate of drug-likeness (QED) is 0.724. The third-order valence-electron chi connectivity index (χ3n) is 3.35. The van der Waals surface area contributed by atoms with Crippen LogP contribution in [0.25, 0.3) is 0 Å². The van der Waals surface area contributed by atoms with E-state index in [0.717, 1.165) is 12.8 Å². The highest BCUT2D eigenvalue weighted by molar-refractivity contribution is 5.79. The Morgan fingerprint density at radius 1 is 1.47 bits per heavy atom. The van der Waals surface area contributed by atoms with E-state index in [1.807, 2.05) is 26.0 Å². The summed E-state index contributed by atoms with van der Waals surface area (Å²) in [5.74, 6) is -1.28. The van der Waals surface area contributed by atoms with Gasteiger partial charge in [0.05, 0.1) is 24.3 Å². The lowest BCUT2D eigenvalue weighted by Gasteiger charge is -2.34. The molecule has 0 radical (unpaired) electrons. The highest BCUT2D eigenvalue weighted by Crippen LogP contribution is 2.18.